The molecule has 0 radical (unpaired) electrons. The zero-order valence-corrected chi connectivity index (χ0v) is 14.8. The Hall–Kier alpha value is -1.78. The van der Waals surface area contributed by atoms with Crippen LogP contribution in [0.3, 0.4) is 0 Å². The number of hydrogen-bond acceptors (Lipinski definition) is 2. The molecule has 2 heterocycles. The monoisotopic (exact) mass is 331 g/mol. The van der Waals surface area contributed by atoms with Crippen molar-refractivity contribution in [3.05, 3.63) is 24.0 Å². The van der Waals surface area contributed by atoms with Gasteiger partial charge in [0.1, 0.15) is 11.7 Å². The van der Waals surface area contributed by atoms with E-state index in [1.54, 1.807) is 4.90 Å². The molecule has 3 rings (SSSR count). The normalized spacial score (nSPS) is 22.4. The molecule has 5 nitrogen and oxygen atoms in total. The molecule has 0 aromatic carbocycles. The molecule has 1 aromatic heterocycles. The zero-order valence-electron chi connectivity index (χ0n) is 14.8. The fraction of sp³-hybridized carbons (Fsp3) is 0.684. The van der Waals surface area contributed by atoms with Gasteiger partial charge in [-0.1, -0.05) is 39.5 Å². The summed E-state index contributed by atoms with van der Waals surface area (Å²) in [4.78, 5) is 27.5. The van der Waals surface area contributed by atoms with Crippen LogP contribution in [0.25, 0.3) is 0 Å². The minimum atomic E-state index is -0.400. The first-order valence-corrected chi connectivity index (χ1v) is 9.32. The molecular formula is C19H29N3O2. The van der Waals surface area contributed by atoms with Crippen molar-refractivity contribution in [1.82, 2.24) is 14.8 Å². The van der Waals surface area contributed by atoms with E-state index in [-0.39, 0.29) is 17.9 Å². The van der Waals surface area contributed by atoms with Crippen molar-refractivity contribution in [2.45, 2.75) is 71.0 Å². The smallest absolute Gasteiger partial charge is 0.271 e. The van der Waals surface area contributed by atoms with Crippen molar-refractivity contribution < 1.29 is 9.59 Å². The van der Waals surface area contributed by atoms with E-state index in [1.807, 2.05) is 22.9 Å². The SMILES string of the molecule is CC(C)CN1C(=O)c2cccn2CC1C(=O)NC1CCCCCC1. The Labute approximate surface area is 144 Å². The third-order valence-electron chi connectivity index (χ3n) is 5.12. The number of amides is 2. The van der Waals surface area contributed by atoms with Gasteiger partial charge in [-0.15, -0.1) is 0 Å². The van der Waals surface area contributed by atoms with Crippen LogP contribution in [0, 0.1) is 5.92 Å². The second-order valence-corrected chi connectivity index (χ2v) is 7.61. The van der Waals surface area contributed by atoms with Crippen LogP contribution in [0.5, 0.6) is 0 Å². The maximum atomic E-state index is 12.9. The zero-order chi connectivity index (χ0) is 17.1. The quantitative estimate of drug-likeness (QED) is 0.863. The molecule has 1 unspecified atom stereocenters. The highest BCUT2D eigenvalue weighted by Crippen LogP contribution is 2.22. The molecule has 2 aliphatic rings. The molecule has 1 fully saturated rings. The topological polar surface area (TPSA) is 54.3 Å². The molecule has 1 atom stereocenters. The Bertz CT molecular complexity index is 585. The molecule has 1 saturated carbocycles. The molecule has 2 amide bonds. The van der Waals surface area contributed by atoms with Crippen molar-refractivity contribution in [3.63, 3.8) is 0 Å². The van der Waals surface area contributed by atoms with Gasteiger partial charge in [0.05, 0.1) is 6.54 Å². The maximum Gasteiger partial charge on any atom is 0.271 e. The molecule has 0 bridgehead atoms. The van der Waals surface area contributed by atoms with Gasteiger partial charge in [-0.2, -0.15) is 0 Å². The van der Waals surface area contributed by atoms with E-state index in [0.717, 1.165) is 12.8 Å². The summed E-state index contributed by atoms with van der Waals surface area (Å²) >= 11 is 0. The molecule has 24 heavy (non-hydrogen) atoms. The first-order chi connectivity index (χ1) is 11.6. The summed E-state index contributed by atoms with van der Waals surface area (Å²) in [6.07, 6.45) is 8.92. The Morgan fingerprint density at radius 3 is 2.62 bits per heavy atom. The van der Waals surface area contributed by atoms with Crippen LogP contribution >= 0.6 is 0 Å². The standard InChI is InChI=1S/C19H29N3O2/c1-14(2)12-22-17(13-21-11-7-10-16(21)19(22)24)18(23)20-15-8-5-3-4-6-9-15/h7,10-11,14-15,17H,3-6,8-9,12-13H2,1-2H3,(H,20,23). The summed E-state index contributed by atoms with van der Waals surface area (Å²) in [7, 11) is 0. The number of carbonyl (C=O) groups is 2. The number of fused-ring (bicyclic) bond motifs is 1. The molecule has 1 aromatic rings. The molecule has 5 heteroatoms. The van der Waals surface area contributed by atoms with Gasteiger partial charge in [0, 0.05) is 18.8 Å². The van der Waals surface area contributed by atoms with Gasteiger partial charge in [-0.05, 0) is 30.9 Å². The summed E-state index contributed by atoms with van der Waals surface area (Å²) in [5.74, 6) is 0.319. The summed E-state index contributed by atoms with van der Waals surface area (Å²) in [5.41, 5.74) is 0.689. The van der Waals surface area contributed by atoms with Gasteiger partial charge in [0.25, 0.3) is 5.91 Å². The van der Waals surface area contributed by atoms with Crippen LogP contribution in [0.1, 0.15) is 62.9 Å². The maximum absolute atomic E-state index is 12.9. The van der Waals surface area contributed by atoms with Gasteiger partial charge in [-0.25, -0.2) is 0 Å². The largest absolute Gasteiger partial charge is 0.352 e. The van der Waals surface area contributed by atoms with Gasteiger partial charge in [-0.3, -0.25) is 9.59 Å². The average Bonchev–Trinajstić information content (AvgIpc) is 2.87. The summed E-state index contributed by atoms with van der Waals surface area (Å²) in [5, 5.41) is 3.23. The molecule has 132 valence electrons. The van der Waals surface area contributed by atoms with Crippen molar-refractivity contribution in [2.75, 3.05) is 6.54 Å². The minimum Gasteiger partial charge on any atom is -0.352 e. The lowest BCUT2D eigenvalue weighted by Gasteiger charge is -2.37. The van der Waals surface area contributed by atoms with E-state index in [9.17, 15) is 9.59 Å². The van der Waals surface area contributed by atoms with Gasteiger partial charge in [0.15, 0.2) is 0 Å². The Balaban J connectivity index is 1.75. The van der Waals surface area contributed by atoms with Crippen LogP contribution in [-0.2, 0) is 11.3 Å². The van der Waals surface area contributed by atoms with Crippen LogP contribution in [0.4, 0.5) is 0 Å². The van der Waals surface area contributed by atoms with Gasteiger partial charge >= 0.3 is 0 Å². The van der Waals surface area contributed by atoms with Crippen LogP contribution in [0.15, 0.2) is 18.3 Å². The predicted octanol–water partition coefficient (Wildman–Crippen LogP) is 2.81. The van der Waals surface area contributed by atoms with E-state index in [1.165, 1.54) is 25.7 Å². The fourth-order valence-corrected chi connectivity index (χ4v) is 3.89. The lowest BCUT2D eigenvalue weighted by molar-refractivity contribution is -0.127. The number of carbonyl (C=O) groups excluding carboxylic acids is 2. The van der Waals surface area contributed by atoms with E-state index >= 15 is 0 Å². The van der Waals surface area contributed by atoms with E-state index in [2.05, 4.69) is 19.2 Å². The number of nitrogens with zero attached hydrogens (tertiary/aromatic N) is 2. The molecule has 1 N–H and O–H groups in total. The minimum absolute atomic E-state index is 0.00949. The highest BCUT2D eigenvalue weighted by molar-refractivity contribution is 5.97. The third-order valence-corrected chi connectivity index (χ3v) is 5.12. The number of nitrogens with one attached hydrogen (secondary N) is 1. The number of rotatable bonds is 4. The van der Waals surface area contributed by atoms with Gasteiger partial charge in [0.2, 0.25) is 5.91 Å². The highest BCUT2D eigenvalue weighted by atomic mass is 16.2. The second-order valence-electron chi connectivity index (χ2n) is 7.61. The molecule has 1 aliphatic heterocycles. The van der Waals surface area contributed by atoms with Crippen LogP contribution in [-0.4, -0.2) is 39.9 Å². The fourth-order valence-electron chi connectivity index (χ4n) is 3.89. The first-order valence-electron chi connectivity index (χ1n) is 9.32. The number of hydrogen-bond donors (Lipinski definition) is 1. The van der Waals surface area contributed by atoms with Crippen LogP contribution in [0.2, 0.25) is 0 Å². The van der Waals surface area contributed by atoms with Crippen molar-refractivity contribution >= 4 is 11.8 Å². The number of aromatic nitrogens is 1. The summed E-state index contributed by atoms with van der Waals surface area (Å²) in [6, 6.07) is 3.59. The molecule has 1 aliphatic carbocycles. The Kier molecular flexibility index (Phi) is 5.27. The van der Waals surface area contributed by atoms with Crippen LogP contribution < -0.4 is 5.32 Å². The Morgan fingerprint density at radius 1 is 1.25 bits per heavy atom. The van der Waals surface area contributed by atoms with Crippen molar-refractivity contribution in [3.8, 4) is 0 Å². The predicted molar refractivity (Wildman–Crippen MR) is 93.7 cm³/mol. The summed E-state index contributed by atoms with van der Waals surface area (Å²) in [6.45, 7) is 5.34. The van der Waals surface area contributed by atoms with E-state index in [4.69, 9.17) is 0 Å². The van der Waals surface area contributed by atoms with E-state index in [0.29, 0.717) is 24.7 Å². The third kappa shape index (κ3) is 3.65. The molecule has 0 saturated heterocycles. The van der Waals surface area contributed by atoms with Crippen molar-refractivity contribution in [2.24, 2.45) is 5.92 Å². The van der Waals surface area contributed by atoms with E-state index < -0.39 is 6.04 Å². The lowest BCUT2D eigenvalue weighted by atomic mass is 10.1. The summed E-state index contributed by atoms with van der Waals surface area (Å²) < 4.78 is 1.91. The molecule has 0 spiro atoms. The second kappa shape index (κ2) is 7.41. The highest BCUT2D eigenvalue weighted by Gasteiger charge is 2.37. The van der Waals surface area contributed by atoms with Gasteiger partial charge < -0.3 is 14.8 Å². The average molecular weight is 331 g/mol. The first kappa shape index (κ1) is 17.1. The lowest BCUT2D eigenvalue weighted by Crippen LogP contribution is -2.57. The molecular weight excluding hydrogens is 302 g/mol. The Morgan fingerprint density at radius 2 is 1.96 bits per heavy atom. The van der Waals surface area contributed by atoms with Crippen molar-refractivity contribution in [1.29, 1.82) is 0 Å².